The third-order valence-electron chi connectivity index (χ3n) is 2.28. The van der Waals surface area contributed by atoms with E-state index in [4.69, 9.17) is 4.74 Å². The smallest absolute Gasteiger partial charge is 0.338 e. The van der Waals surface area contributed by atoms with E-state index in [0.29, 0.717) is 12.2 Å². The number of benzene rings is 1. The number of hydrogen-bond donors (Lipinski definition) is 0. The van der Waals surface area contributed by atoms with E-state index in [-0.39, 0.29) is 5.97 Å². The highest BCUT2D eigenvalue weighted by Crippen LogP contribution is 2.10. The number of carbonyl (C=O) groups excluding carboxylic acids is 1. The van der Waals surface area contributed by atoms with Crippen molar-refractivity contribution in [2.75, 3.05) is 6.61 Å². The molecule has 16 heavy (non-hydrogen) atoms. The zero-order valence-electron chi connectivity index (χ0n) is 9.09. The topological polar surface area (TPSA) is 31.2 Å². The summed E-state index contributed by atoms with van der Waals surface area (Å²) in [6.07, 6.45) is 3.92. The first-order valence-electron chi connectivity index (χ1n) is 5.22. The van der Waals surface area contributed by atoms with Crippen molar-refractivity contribution < 1.29 is 9.53 Å². The van der Waals surface area contributed by atoms with E-state index in [1.807, 2.05) is 41.2 Å². The van der Waals surface area contributed by atoms with E-state index in [1.54, 1.807) is 19.1 Å². The Labute approximate surface area is 94.3 Å². The number of hydrogen-bond acceptors (Lipinski definition) is 2. The molecule has 2 aromatic rings. The van der Waals surface area contributed by atoms with E-state index < -0.39 is 0 Å². The van der Waals surface area contributed by atoms with Crippen LogP contribution in [0.3, 0.4) is 0 Å². The molecule has 0 radical (unpaired) electrons. The lowest BCUT2D eigenvalue weighted by atomic mass is 10.2. The summed E-state index contributed by atoms with van der Waals surface area (Å²) in [5.74, 6) is -0.276. The van der Waals surface area contributed by atoms with Gasteiger partial charge < -0.3 is 9.30 Å². The lowest BCUT2D eigenvalue weighted by Crippen LogP contribution is -2.04. The first kappa shape index (κ1) is 10.5. The molecule has 0 spiro atoms. The summed E-state index contributed by atoms with van der Waals surface area (Å²) >= 11 is 0. The Balaban J connectivity index is 2.20. The third kappa shape index (κ3) is 2.14. The SMILES string of the molecule is CCOC(=O)c1ccc(-n2cccc2)cc1. The summed E-state index contributed by atoms with van der Waals surface area (Å²) in [6, 6.07) is 11.2. The van der Waals surface area contributed by atoms with Crippen molar-refractivity contribution in [3.63, 3.8) is 0 Å². The van der Waals surface area contributed by atoms with Crippen LogP contribution in [0.15, 0.2) is 48.8 Å². The van der Waals surface area contributed by atoms with Crippen LogP contribution in [-0.4, -0.2) is 17.1 Å². The lowest BCUT2D eigenvalue weighted by Gasteiger charge is -2.04. The van der Waals surface area contributed by atoms with Gasteiger partial charge in [-0.1, -0.05) is 0 Å². The highest BCUT2D eigenvalue weighted by Gasteiger charge is 2.05. The highest BCUT2D eigenvalue weighted by atomic mass is 16.5. The van der Waals surface area contributed by atoms with E-state index in [1.165, 1.54) is 0 Å². The Kier molecular flexibility index (Phi) is 3.05. The molecule has 0 aliphatic carbocycles. The van der Waals surface area contributed by atoms with Crippen LogP contribution in [0, 0.1) is 0 Å². The number of aromatic nitrogens is 1. The lowest BCUT2D eigenvalue weighted by molar-refractivity contribution is 0.0526. The van der Waals surface area contributed by atoms with Gasteiger partial charge in [-0.3, -0.25) is 0 Å². The van der Waals surface area contributed by atoms with Gasteiger partial charge in [0.15, 0.2) is 0 Å². The number of nitrogens with zero attached hydrogens (tertiary/aromatic N) is 1. The number of esters is 1. The molecule has 0 saturated carbocycles. The van der Waals surface area contributed by atoms with Crippen molar-refractivity contribution in [2.45, 2.75) is 6.92 Å². The Bertz CT molecular complexity index is 457. The molecule has 0 amide bonds. The minimum Gasteiger partial charge on any atom is -0.462 e. The molecule has 3 nitrogen and oxygen atoms in total. The van der Waals surface area contributed by atoms with Gasteiger partial charge in [0.05, 0.1) is 12.2 Å². The summed E-state index contributed by atoms with van der Waals surface area (Å²) in [4.78, 5) is 11.4. The van der Waals surface area contributed by atoms with Gasteiger partial charge in [-0.25, -0.2) is 4.79 Å². The normalized spacial score (nSPS) is 10.1. The van der Waals surface area contributed by atoms with Crippen molar-refractivity contribution in [3.8, 4) is 5.69 Å². The minimum absolute atomic E-state index is 0.276. The Morgan fingerprint density at radius 2 is 1.81 bits per heavy atom. The van der Waals surface area contributed by atoms with Crippen LogP contribution < -0.4 is 0 Å². The van der Waals surface area contributed by atoms with E-state index in [2.05, 4.69) is 0 Å². The Morgan fingerprint density at radius 3 is 2.38 bits per heavy atom. The maximum atomic E-state index is 11.4. The van der Waals surface area contributed by atoms with Gasteiger partial charge in [0.1, 0.15) is 0 Å². The van der Waals surface area contributed by atoms with Crippen molar-refractivity contribution in [1.29, 1.82) is 0 Å². The van der Waals surface area contributed by atoms with Crippen LogP contribution in [-0.2, 0) is 4.74 Å². The second kappa shape index (κ2) is 4.66. The molecule has 0 aliphatic heterocycles. The van der Waals surface area contributed by atoms with Crippen LogP contribution >= 0.6 is 0 Å². The molecular weight excluding hydrogens is 202 g/mol. The van der Waals surface area contributed by atoms with Crippen molar-refractivity contribution in [3.05, 3.63) is 54.4 Å². The molecule has 0 atom stereocenters. The molecular formula is C13H13NO2. The fourth-order valence-corrected chi connectivity index (χ4v) is 1.49. The molecule has 1 heterocycles. The highest BCUT2D eigenvalue weighted by molar-refractivity contribution is 5.89. The molecule has 3 heteroatoms. The second-order valence-corrected chi connectivity index (χ2v) is 3.36. The maximum Gasteiger partial charge on any atom is 0.338 e. The Hall–Kier alpha value is -2.03. The zero-order chi connectivity index (χ0) is 11.4. The quantitative estimate of drug-likeness (QED) is 0.737. The van der Waals surface area contributed by atoms with Crippen LogP contribution in [0.5, 0.6) is 0 Å². The predicted octanol–water partition coefficient (Wildman–Crippen LogP) is 2.65. The molecule has 0 bridgehead atoms. The Morgan fingerprint density at radius 1 is 1.19 bits per heavy atom. The van der Waals surface area contributed by atoms with Gasteiger partial charge in [-0.2, -0.15) is 0 Å². The summed E-state index contributed by atoms with van der Waals surface area (Å²) in [6.45, 7) is 2.20. The van der Waals surface area contributed by atoms with Crippen LogP contribution in [0.1, 0.15) is 17.3 Å². The zero-order valence-corrected chi connectivity index (χ0v) is 9.09. The summed E-state index contributed by atoms with van der Waals surface area (Å²) < 4.78 is 6.89. The first-order valence-corrected chi connectivity index (χ1v) is 5.22. The average molecular weight is 215 g/mol. The fraction of sp³-hybridized carbons (Fsp3) is 0.154. The summed E-state index contributed by atoms with van der Waals surface area (Å²) in [5, 5.41) is 0. The van der Waals surface area contributed by atoms with Crippen LogP contribution in [0.2, 0.25) is 0 Å². The van der Waals surface area contributed by atoms with E-state index >= 15 is 0 Å². The van der Waals surface area contributed by atoms with Crippen molar-refractivity contribution >= 4 is 5.97 Å². The van der Waals surface area contributed by atoms with Crippen LogP contribution in [0.4, 0.5) is 0 Å². The van der Waals surface area contributed by atoms with Gasteiger partial charge in [0.2, 0.25) is 0 Å². The summed E-state index contributed by atoms with van der Waals surface area (Å²) in [7, 11) is 0. The second-order valence-electron chi connectivity index (χ2n) is 3.36. The van der Waals surface area contributed by atoms with Crippen molar-refractivity contribution in [2.24, 2.45) is 0 Å². The molecule has 0 unspecified atom stereocenters. The van der Waals surface area contributed by atoms with Gasteiger partial charge in [0.25, 0.3) is 0 Å². The maximum absolute atomic E-state index is 11.4. The molecule has 2 rings (SSSR count). The van der Waals surface area contributed by atoms with Gasteiger partial charge in [-0.05, 0) is 43.3 Å². The average Bonchev–Trinajstić information content (AvgIpc) is 2.83. The summed E-state index contributed by atoms with van der Waals surface area (Å²) in [5.41, 5.74) is 1.61. The first-order chi connectivity index (χ1) is 7.81. The monoisotopic (exact) mass is 215 g/mol. The van der Waals surface area contributed by atoms with Gasteiger partial charge >= 0.3 is 5.97 Å². The number of rotatable bonds is 3. The van der Waals surface area contributed by atoms with Gasteiger partial charge in [0, 0.05) is 18.1 Å². The largest absolute Gasteiger partial charge is 0.462 e. The standard InChI is InChI=1S/C13H13NO2/c1-2-16-13(15)11-5-7-12(8-6-11)14-9-3-4-10-14/h3-10H,2H2,1H3. The molecule has 1 aromatic heterocycles. The number of ether oxygens (including phenoxy) is 1. The molecule has 1 aromatic carbocycles. The number of carbonyl (C=O) groups is 1. The van der Waals surface area contributed by atoms with E-state index in [9.17, 15) is 4.79 Å². The minimum atomic E-state index is -0.276. The third-order valence-corrected chi connectivity index (χ3v) is 2.28. The molecule has 0 saturated heterocycles. The molecule has 0 fully saturated rings. The molecule has 82 valence electrons. The van der Waals surface area contributed by atoms with Crippen molar-refractivity contribution in [1.82, 2.24) is 4.57 Å². The predicted molar refractivity (Wildman–Crippen MR) is 61.7 cm³/mol. The van der Waals surface area contributed by atoms with Gasteiger partial charge in [-0.15, -0.1) is 0 Å². The van der Waals surface area contributed by atoms with Crippen LogP contribution in [0.25, 0.3) is 5.69 Å². The fourth-order valence-electron chi connectivity index (χ4n) is 1.49. The molecule has 0 aliphatic rings. The van der Waals surface area contributed by atoms with E-state index in [0.717, 1.165) is 5.69 Å². The molecule has 0 N–H and O–H groups in total.